The van der Waals surface area contributed by atoms with Crippen LogP contribution >= 0.6 is 11.6 Å². The summed E-state index contributed by atoms with van der Waals surface area (Å²) >= 11 is 6.10. The molecule has 1 aromatic rings. The van der Waals surface area contributed by atoms with Gasteiger partial charge in [-0.2, -0.15) is 5.26 Å². The quantitative estimate of drug-likeness (QED) is 0.692. The average molecular weight is 208 g/mol. The van der Waals surface area contributed by atoms with E-state index in [1.165, 1.54) is 11.1 Å². The zero-order valence-electron chi connectivity index (χ0n) is 8.60. The Morgan fingerprint density at radius 3 is 2.57 bits per heavy atom. The van der Waals surface area contributed by atoms with Crippen molar-refractivity contribution < 1.29 is 0 Å². The first-order valence-corrected chi connectivity index (χ1v) is 5.15. The van der Waals surface area contributed by atoms with E-state index in [1.807, 2.05) is 6.07 Å². The van der Waals surface area contributed by atoms with Gasteiger partial charge >= 0.3 is 0 Å². The fraction of sp³-hybridized carbons (Fsp3) is 0.417. The summed E-state index contributed by atoms with van der Waals surface area (Å²) in [6.07, 6.45) is 2.38. The Balaban J connectivity index is 2.78. The number of hydrogen-bond acceptors (Lipinski definition) is 1. The van der Waals surface area contributed by atoms with Gasteiger partial charge < -0.3 is 0 Å². The smallest absolute Gasteiger partial charge is 0.0621 e. The zero-order valence-corrected chi connectivity index (χ0v) is 9.36. The molecule has 0 atom stereocenters. The van der Waals surface area contributed by atoms with E-state index < -0.39 is 0 Å². The summed E-state index contributed by atoms with van der Waals surface area (Å²) in [5.74, 6) is 0. The van der Waals surface area contributed by atoms with E-state index in [4.69, 9.17) is 16.9 Å². The number of aryl methyl sites for hydroxylation is 3. The summed E-state index contributed by atoms with van der Waals surface area (Å²) in [5.41, 5.74) is 3.64. The van der Waals surface area contributed by atoms with Crippen molar-refractivity contribution >= 4 is 11.6 Å². The van der Waals surface area contributed by atoms with Crippen molar-refractivity contribution in [2.75, 3.05) is 0 Å². The van der Waals surface area contributed by atoms with Crippen molar-refractivity contribution in [3.05, 3.63) is 33.8 Å². The Morgan fingerprint density at radius 1 is 1.29 bits per heavy atom. The third kappa shape index (κ3) is 2.75. The normalized spacial score (nSPS) is 9.86. The fourth-order valence-corrected chi connectivity index (χ4v) is 1.70. The minimum atomic E-state index is 0.600. The summed E-state index contributed by atoms with van der Waals surface area (Å²) in [7, 11) is 0. The highest BCUT2D eigenvalue weighted by atomic mass is 35.5. The van der Waals surface area contributed by atoms with Crippen molar-refractivity contribution in [2.24, 2.45) is 0 Å². The molecular formula is C12H14ClN. The molecule has 14 heavy (non-hydrogen) atoms. The molecule has 2 heteroatoms. The lowest BCUT2D eigenvalue weighted by Gasteiger charge is -2.07. The van der Waals surface area contributed by atoms with Crippen LogP contribution in [-0.2, 0) is 6.42 Å². The molecule has 0 fully saturated rings. The molecule has 0 heterocycles. The van der Waals surface area contributed by atoms with Crippen LogP contribution in [0.3, 0.4) is 0 Å². The molecule has 0 unspecified atom stereocenters. The lowest BCUT2D eigenvalue weighted by Crippen LogP contribution is -1.90. The maximum absolute atomic E-state index is 8.43. The van der Waals surface area contributed by atoms with Crippen LogP contribution in [0.25, 0.3) is 0 Å². The molecule has 1 aromatic carbocycles. The van der Waals surface area contributed by atoms with E-state index in [0.29, 0.717) is 6.42 Å². The highest BCUT2D eigenvalue weighted by molar-refractivity contribution is 6.31. The van der Waals surface area contributed by atoms with Crippen LogP contribution < -0.4 is 0 Å². The molecule has 0 aromatic heterocycles. The first-order chi connectivity index (χ1) is 6.65. The van der Waals surface area contributed by atoms with Crippen molar-refractivity contribution in [2.45, 2.75) is 33.1 Å². The first-order valence-electron chi connectivity index (χ1n) is 4.77. The van der Waals surface area contributed by atoms with Crippen LogP contribution in [0, 0.1) is 25.2 Å². The van der Waals surface area contributed by atoms with Crippen molar-refractivity contribution in [3.63, 3.8) is 0 Å². The predicted molar refractivity (Wildman–Crippen MR) is 59.5 cm³/mol. The van der Waals surface area contributed by atoms with Gasteiger partial charge in [0, 0.05) is 11.4 Å². The molecule has 74 valence electrons. The number of benzene rings is 1. The van der Waals surface area contributed by atoms with Gasteiger partial charge in [-0.05, 0) is 49.4 Å². The highest BCUT2D eigenvalue weighted by Crippen LogP contribution is 2.22. The van der Waals surface area contributed by atoms with Crippen molar-refractivity contribution in [1.29, 1.82) is 5.26 Å². The Labute approximate surface area is 90.3 Å². The lowest BCUT2D eigenvalue weighted by molar-refractivity contribution is 0.849. The number of nitriles is 1. The van der Waals surface area contributed by atoms with Crippen LogP contribution in [0.2, 0.25) is 5.02 Å². The summed E-state index contributed by atoms with van der Waals surface area (Å²) in [6.45, 7) is 4.14. The van der Waals surface area contributed by atoms with Gasteiger partial charge in [0.15, 0.2) is 0 Å². The molecule has 0 aliphatic carbocycles. The Kier molecular flexibility index (Phi) is 3.98. The molecule has 0 aliphatic heterocycles. The highest BCUT2D eigenvalue weighted by Gasteiger charge is 2.02. The van der Waals surface area contributed by atoms with Crippen LogP contribution in [0.15, 0.2) is 12.1 Å². The van der Waals surface area contributed by atoms with E-state index in [9.17, 15) is 0 Å². The third-order valence-corrected chi connectivity index (χ3v) is 2.75. The number of rotatable bonds is 3. The second-order valence-corrected chi connectivity index (χ2v) is 3.95. The SMILES string of the molecule is Cc1cc(Cl)c(CCCC#N)cc1C. The van der Waals surface area contributed by atoms with E-state index in [1.54, 1.807) is 0 Å². The molecule has 0 spiro atoms. The zero-order chi connectivity index (χ0) is 10.6. The largest absolute Gasteiger partial charge is 0.198 e. The van der Waals surface area contributed by atoms with E-state index >= 15 is 0 Å². The van der Waals surface area contributed by atoms with E-state index in [-0.39, 0.29) is 0 Å². The monoisotopic (exact) mass is 207 g/mol. The maximum atomic E-state index is 8.43. The maximum Gasteiger partial charge on any atom is 0.0621 e. The van der Waals surface area contributed by atoms with Gasteiger partial charge in [-0.15, -0.1) is 0 Å². The fourth-order valence-electron chi connectivity index (χ4n) is 1.39. The van der Waals surface area contributed by atoms with E-state index in [0.717, 1.165) is 23.4 Å². The molecule has 1 rings (SSSR count). The molecule has 0 bridgehead atoms. The van der Waals surface area contributed by atoms with Gasteiger partial charge in [0.2, 0.25) is 0 Å². The summed E-state index contributed by atoms with van der Waals surface area (Å²) in [4.78, 5) is 0. The predicted octanol–water partition coefficient (Wildman–Crippen LogP) is 3.80. The minimum absolute atomic E-state index is 0.600. The molecule has 0 radical (unpaired) electrons. The first kappa shape index (κ1) is 11.1. The average Bonchev–Trinajstić information content (AvgIpc) is 2.14. The third-order valence-electron chi connectivity index (χ3n) is 2.40. The molecule has 0 aliphatic rings. The Bertz CT molecular complexity index is 363. The van der Waals surface area contributed by atoms with Gasteiger partial charge in [-0.1, -0.05) is 17.7 Å². The van der Waals surface area contributed by atoms with Gasteiger partial charge in [-0.25, -0.2) is 0 Å². The molecule has 0 saturated heterocycles. The number of hydrogen-bond donors (Lipinski definition) is 0. The molecule has 0 N–H and O–H groups in total. The van der Waals surface area contributed by atoms with Crippen LogP contribution in [0.5, 0.6) is 0 Å². The molecule has 1 nitrogen and oxygen atoms in total. The van der Waals surface area contributed by atoms with Gasteiger partial charge in [0.05, 0.1) is 6.07 Å². The summed E-state index contributed by atoms with van der Waals surface area (Å²) < 4.78 is 0. The Hall–Kier alpha value is -1.00. The van der Waals surface area contributed by atoms with Crippen LogP contribution in [0.1, 0.15) is 29.5 Å². The van der Waals surface area contributed by atoms with E-state index in [2.05, 4.69) is 26.0 Å². The van der Waals surface area contributed by atoms with Gasteiger partial charge in [-0.3, -0.25) is 0 Å². The standard InChI is InChI=1S/C12H14ClN/c1-9-7-11(5-3-4-6-14)12(13)8-10(9)2/h7-8H,3-5H2,1-2H3. The second kappa shape index (κ2) is 5.02. The number of unbranched alkanes of at least 4 members (excludes halogenated alkanes) is 1. The second-order valence-electron chi connectivity index (χ2n) is 3.54. The van der Waals surface area contributed by atoms with Crippen LogP contribution in [-0.4, -0.2) is 0 Å². The van der Waals surface area contributed by atoms with Crippen molar-refractivity contribution in [1.82, 2.24) is 0 Å². The molecular weight excluding hydrogens is 194 g/mol. The van der Waals surface area contributed by atoms with Crippen molar-refractivity contribution in [3.8, 4) is 6.07 Å². The number of halogens is 1. The topological polar surface area (TPSA) is 23.8 Å². The molecule has 0 amide bonds. The Morgan fingerprint density at radius 2 is 1.93 bits per heavy atom. The van der Waals surface area contributed by atoms with Gasteiger partial charge in [0.1, 0.15) is 0 Å². The van der Waals surface area contributed by atoms with Gasteiger partial charge in [0.25, 0.3) is 0 Å². The summed E-state index contributed by atoms with van der Waals surface area (Å²) in [5, 5.41) is 9.25. The summed E-state index contributed by atoms with van der Waals surface area (Å²) in [6, 6.07) is 6.26. The number of nitrogens with zero attached hydrogens (tertiary/aromatic N) is 1. The van der Waals surface area contributed by atoms with Crippen LogP contribution in [0.4, 0.5) is 0 Å². The lowest BCUT2D eigenvalue weighted by atomic mass is 10.0. The molecule has 0 saturated carbocycles. The minimum Gasteiger partial charge on any atom is -0.198 e.